The van der Waals surface area contributed by atoms with Crippen LogP contribution in [-0.2, 0) is 16.1 Å². The van der Waals surface area contributed by atoms with E-state index < -0.39 is 36.6 Å². The van der Waals surface area contributed by atoms with Crippen LogP contribution >= 0.6 is 0 Å². The van der Waals surface area contributed by atoms with Gasteiger partial charge in [0, 0.05) is 6.42 Å². The number of carbonyl (C=O) groups is 1. The van der Waals surface area contributed by atoms with Crippen molar-refractivity contribution in [2.45, 2.75) is 37.3 Å². The highest BCUT2D eigenvalue weighted by atomic mass is 19.4. The van der Waals surface area contributed by atoms with Gasteiger partial charge in [-0.05, 0) is 18.5 Å². The fourth-order valence-electron chi connectivity index (χ4n) is 2.22. The van der Waals surface area contributed by atoms with Crippen molar-refractivity contribution in [3.8, 4) is 0 Å². The van der Waals surface area contributed by atoms with Gasteiger partial charge in [0.15, 0.2) is 5.60 Å². The zero-order chi connectivity index (χ0) is 15.5. The lowest BCUT2D eigenvalue weighted by atomic mass is 9.87. The number of nitrogens with one attached hydrogen (secondary N) is 1. The maximum absolute atomic E-state index is 12.8. The first-order valence-electron chi connectivity index (χ1n) is 6.55. The molecule has 0 aliphatic carbocycles. The van der Waals surface area contributed by atoms with Gasteiger partial charge < -0.3 is 15.2 Å². The molecule has 1 fully saturated rings. The van der Waals surface area contributed by atoms with E-state index in [1.165, 1.54) is 0 Å². The van der Waals surface area contributed by atoms with E-state index in [4.69, 9.17) is 4.74 Å². The maximum Gasteiger partial charge on any atom is 0.417 e. The third kappa shape index (κ3) is 3.74. The molecule has 0 amide bonds. The number of aliphatic hydroxyl groups is 1. The number of halogens is 3. The highest BCUT2D eigenvalue weighted by molar-refractivity contribution is 5.76. The standard InChI is InChI=1S/C14H16F3NO3/c15-14(16,17)13(20)6-7-18-11(8-13)12(19)21-9-10-4-2-1-3-5-10/h1-5,11,18,20H,6-9H2. The first-order chi connectivity index (χ1) is 9.82. The lowest BCUT2D eigenvalue weighted by Gasteiger charge is -2.37. The molecule has 1 aromatic rings. The van der Waals surface area contributed by atoms with Crippen LogP contribution in [0.3, 0.4) is 0 Å². The Hall–Kier alpha value is -1.60. The molecular formula is C14H16F3NO3. The van der Waals surface area contributed by atoms with Gasteiger partial charge in [0.25, 0.3) is 0 Å². The van der Waals surface area contributed by atoms with Crippen molar-refractivity contribution in [1.82, 2.24) is 5.32 Å². The predicted octanol–water partition coefficient (Wildman–Crippen LogP) is 1.78. The molecule has 1 aromatic carbocycles. The molecule has 7 heteroatoms. The topological polar surface area (TPSA) is 58.6 Å². The molecule has 0 bridgehead atoms. The lowest BCUT2D eigenvalue weighted by molar-refractivity contribution is -0.270. The maximum atomic E-state index is 12.8. The second-order valence-corrected chi connectivity index (χ2v) is 5.08. The Balaban J connectivity index is 1.94. The average molecular weight is 303 g/mol. The molecule has 1 saturated heterocycles. The number of esters is 1. The van der Waals surface area contributed by atoms with Gasteiger partial charge in [-0.15, -0.1) is 0 Å². The van der Waals surface area contributed by atoms with E-state index in [-0.39, 0.29) is 13.2 Å². The van der Waals surface area contributed by atoms with Crippen LogP contribution in [0.1, 0.15) is 18.4 Å². The molecule has 0 aromatic heterocycles. The summed E-state index contributed by atoms with van der Waals surface area (Å²) in [6.45, 7) is -0.108. The summed E-state index contributed by atoms with van der Waals surface area (Å²) in [5, 5.41) is 12.3. The van der Waals surface area contributed by atoms with Crippen molar-refractivity contribution in [3.05, 3.63) is 35.9 Å². The van der Waals surface area contributed by atoms with Gasteiger partial charge in [0.2, 0.25) is 0 Å². The van der Waals surface area contributed by atoms with Crippen molar-refractivity contribution < 1.29 is 27.8 Å². The Bertz CT molecular complexity index is 492. The van der Waals surface area contributed by atoms with Gasteiger partial charge in [0.1, 0.15) is 12.6 Å². The van der Waals surface area contributed by atoms with Gasteiger partial charge in [0.05, 0.1) is 0 Å². The Morgan fingerprint density at radius 3 is 2.67 bits per heavy atom. The minimum atomic E-state index is -4.76. The minimum absolute atomic E-state index is 0.0116. The molecule has 2 rings (SSSR count). The SMILES string of the molecule is O=C(OCc1ccccc1)C1CC(O)(C(F)(F)F)CCN1. The molecule has 116 valence electrons. The van der Waals surface area contributed by atoms with Crippen LogP contribution in [0.15, 0.2) is 30.3 Å². The van der Waals surface area contributed by atoms with Crippen LogP contribution in [0.4, 0.5) is 13.2 Å². The Morgan fingerprint density at radius 2 is 2.05 bits per heavy atom. The highest BCUT2D eigenvalue weighted by Crippen LogP contribution is 2.38. The third-order valence-corrected chi connectivity index (χ3v) is 3.51. The van der Waals surface area contributed by atoms with Crippen molar-refractivity contribution >= 4 is 5.97 Å². The van der Waals surface area contributed by atoms with E-state index in [0.29, 0.717) is 0 Å². The highest BCUT2D eigenvalue weighted by Gasteiger charge is 2.56. The molecule has 2 N–H and O–H groups in total. The Labute approximate surface area is 119 Å². The van der Waals surface area contributed by atoms with E-state index in [0.717, 1.165) is 5.56 Å². The summed E-state index contributed by atoms with van der Waals surface area (Å²) in [5.74, 6) is -0.791. The van der Waals surface area contributed by atoms with Gasteiger partial charge in [-0.2, -0.15) is 13.2 Å². The van der Waals surface area contributed by atoms with Crippen LogP contribution in [0, 0.1) is 0 Å². The molecule has 21 heavy (non-hydrogen) atoms. The zero-order valence-electron chi connectivity index (χ0n) is 11.2. The molecule has 2 atom stereocenters. The number of benzene rings is 1. The van der Waals surface area contributed by atoms with Gasteiger partial charge >= 0.3 is 12.1 Å². The first-order valence-corrected chi connectivity index (χ1v) is 6.55. The lowest BCUT2D eigenvalue weighted by Crippen LogP contribution is -2.58. The van der Waals surface area contributed by atoms with Crippen molar-refractivity contribution in [2.24, 2.45) is 0 Å². The number of hydrogen-bond donors (Lipinski definition) is 2. The van der Waals surface area contributed by atoms with Crippen molar-refractivity contribution in [3.63, 3.8) is 0 Å². The zero-order valence-corrected chi connectivity index (χ0v) is 11.2. The molecule has 1 heterocycles. The third-order valence-electron chi connectivity index (χ3n) is 3.51. The molecule has 2 unspecified atom stereocenters. The Kier molecular flexibility index (Phi) is 4.53. The molecule has 1 aliphatic heterocycles. The van der Waals surface area contributed by atoms with E-state index in [9.17, 15) is 23.1 Å². The quantitative estimate of drug-likeness (QED) is 0.836. The van der Waals surface area contributed by atoms with Crippen molar-refractivity contribution in [1.29, 1.82) is 0 Å². The monoisotopic (exact) mass is 303 g/mol. The van der Waals surface area contributed by atoms with Crippen LogP contribution in [0.2, 0.25) is 0 Å². The van der Waals surface area contributed by atoms with Gasteiger partial charge in [-0.3, -0.25) is 4.79 Å². The van der Waals surface area contributed by atoms with Crippen LogP contribution in [-0.4, -0.2) is 35.4 Å². The number of piperidine rings is 1. The summed E-state index contributed by atoms with van der Waals surface area (Å²) in [7, 11) is 0. The first kappa shape index (κ1) is 15.8. The second kappa shape index (κ2) is 6.03. The fourth-order valence-corrected chi connectivity index (χ4v) is 2.22. The molecule has 4 nitrogen and oxygen atoms in total. The van der Waals surface area contributed by atoms with Crippen molar-refractivity contribution in [2.75, 3.05) is 6.54 Å². The van der Waals surface area contributed by atoms with Crippen LogP contribution < -0.4 is 5.32 Å². The fraction of sp³-hybridized carbons (Fsp3) is 0.500. The molecule has 1 aliphatic rings. The van der Waals surface area contributed by atoms with Gasteiger partial charge in [-0.25, -0.2) is 0 Å². The van der Waals surface area contributed by atoms with Crippen LogP contribution in [0.5, 0.6) is 0 Å². The number of alkyl halides is 3. The van der Waals surface area contributed by atoms with E-state index in [1.807, 2.05) is 0 Å². The van der Waals surface area contributed by atoms with E-state index >= 15 is 0 Å². The minimum Gasteiger partial charge on any atom is -0.460 e. The summed E-state index contributed by atoms with van der Waals surface area (Å²) in [5.41, 5.74) is -2.10. The largest absolute Gasteiger partial charge is 0.460 e. The number of hydrogen-bond acceptors (Lipinski definition) is 4. The Morgan fingerprint density at radius 1 is 1.38 bits per heavy atom. The summed E-state index contributed by atoms with van der Waals surface area (Å²) in [4.78, 5) is 11.8. The summed E-state index contributed by atoms with van der Waals surface area (Å²) in [6, 6.07) is 7.67. The summed E-state index contributed by atoms with van der Waals surface area (Å²) < 4.78 is 43.3. The number of carbonyl (C=O) groups excluding carboxylic acids is 1. The molecule has 0 spiro atoms. The molecular weight excluding hydrogens is 287 g/mol. The normalized spacial score (nSPS) is 26.4. The van der Waals surface area contributed by atoms with E-state index in [1.54, 1.807) is 30.3 Å². The smallest absolute Gasteiger partial charge is 0.417 e. The van der Waals surface area contributed by atoms with Gasteiger partial charge in [-0.1, -0.05) is 30.3 Å². The molecule has 0 radical (unpaired) electrons. The summed E-state index contributed by atoms with van der Waals surface area (Å²) >= 11 is 0. The second-order valence-electron chi connectivity index (χ2n) is 5.08. The summed E-state index contributed by atoms with van der Waals surface area (Å²) in [6.07, 6.45) is -5.96. The van der Waals surface area contributed by atoms with Crippen LogP contribution in [0.25, 0.3) is 0 Å². The number of rotatable bonds is 3. The number of ether oxygens (including phenoxy) is 1. The van der Waals surface area contributed by atoms with E-state index in [2.05, 4.69) is 5.32 Å². The predicted molar refractivity (Wildman–Crippen MR) is 68.3 cm³/mol. The molecule has 0 saturated carbocycles. The average Bonchev–Trinajstić information content (AvgIpc) is 2.45.